The standard InChI is InChI=1S/C18H23BrFN5.HI/c1-21-18(22-7-5-13-3-4-17(20)16(19)9-13)25-8-6-14(12-25)15-10-23-24(2)11-15;/h3-4,9-11,14H,5-8,12H2,1-2H3,(H,21,22);1H. The lowest BCUT2D eigenvalue weighted by molar-refractivity contribution is 0.486. The second-order valence-electron chi connectivity index (χ2n) is 6.35. The predicted molar refractivity (Wildman–Crippen MR) is 117 cm³/mol. The Morgan fingerprint density at radius 3 is 2.92 bits per heavy atom. The number of hydrogen-bond acceptors (Lipinski definition) is 2. The van der Waals surface area contributed by atoms with Crippen molar-refractivity contribution in [3.8, 4) is 0 Å². The molecule has 0 amide bonds. The molecule has 1 saturated heterocycles. The third-order valence-electron chi connectivity index (χ3n) is 4.58. The quantitative estimate of drug-likeness (QED) is 0.370. The van der Waals surface area contributed by atoms with Gasteiger partial charge in [-0.05, 0) is 52.0 Å². The number of aromatic nitrogens is 2. The van der Waals surface area contributed by atoms with Crippen molar-refractivity contribution in [3.05, 3.63) is 52.0 Å². The van der Waals surface area contributed by atoms with Crippen molar-refractivity contribution < 1.29 is 4.39 Å². The van der Waals surface area contributed by atoms with Crippen molar-refractivity contribution in [1.29, 1.82) is 0 Å². The summed E-state index contributed by atoms with van der Waals surface area (Å²) >= 11 is 3.23. The molecule has 2 aromatic rings. The summed E-state index contributed by atoms with van der Waals surface area (Å²) in [6.45, 7) is 2.70. The van der Waals surface area contributed by atoms with Crippen LogP contribution in [0.2, 0.25) is 0 Å². The highest BCUT2D eigenvalue weighted by Crippen LogP contribution is 2.26. The molecular weight excluding hydrogens is 512 g/mol. The molecule has 1 fully saturated rings. The van der Waals surface area contributed by atoms with Crippen LogP contribution in [0, 0.1) is 5.82 Å². The van der Waals surface area contributed by atoms with Gasteiger partial charge >= 0.3 is 0 Å². The van der Waals surface area contributed by atoms with Crippen LogP contribution in [0.3, 0.4) is 0 Å². The van der Waals surface area contributed by atoms with Crippen LogP contribution >= 0.6 is 39.9 Å². The lowest BCUT2D eigenvalue weighted by atomic mass is 10.0. The van der Waals surface area contributed by atoms with Crippen LogP contribution in [0.25, 0.3) is 0 Å². The van der Waals surface area contributed by atoms with Crippen molar-refractivity contribution in [2.24, 2.45) is 12.0 Å². The largest absolute Gasteiger partial charge is 0.356 e. The summed E-state index contributed by atoms with van der Waals surface area (Å²) in [6, 6.07) is 5.14. The molecule has 0 aliphatic carbocycles. The van der Waals surface area contributed by atoms with E-state index in [2.05, 4.69) is 42.4 Å². The number of rotatable bonds is 4. The average Bonchev–Trinajstić information content (AvgIpc) is 3.24. The van der Waals surface area contributed by atoms with E-state index in [9.17, 15) is 4.39 Å². The number of aryl methyl sites for hydroxylation is 1. The first-order valence-corrected chi connectivity index (χ1v) is 9.24. The molecule has 142 valence electrons. The van der Waals surface area contributed by atoms with Gasteiger partial charge in [0.05, 0.1) is 10.7 Å². The molecule has 0 radical (unpaired) electrons. The molecule has 1 unspecified atom stereocenters. The Morgan fingerprint density at radius 2 is 2.27 bits per heavy atom. The topological polar surface area (TPSA) is 45.5 Å². The van der Waals surface area contributed by atoms with Crippen LogP contribution in [0.4, 0.5) is 4.39 Å². The number of nitrogens with one attached hydrogen (secondary N) is 1. The number of likely N-dealkylation sites (tertiary alicyclic amines) is 1. The minimum absolute atomic E-state index is 0. The minimum Gasteiger partial charge on any atom is -0.356 e. The Hall–Kier alpha value is -1.16. The van der Waals surface area contributed by atoms with E-state index in [1.807, 2.05) is 37.1 Å². The Balaban J connectivity index is 0.00000243. The molecule has 1 aromatic carbocycles. The van der Waals surface area contributed by atoms with Gasteiger partial charge in [0.15, 0.2) is 5.96 Å². The summed E-state index contributed by atoms with van der Waals surface area (Å²) in [4.78, 5) is 6.70. The van der Waals surface area contributed by atoms with Gasteiger partial charge in [-0.25, -0.2) is 4.39 Å². The van der Waals surface area contributed by atoms with Gasteiger partial charge in [0, 0.05) is 45.8 Å². The van der Waals surface area contributed by atoms with Crippen LogP contribution in [0.15, 0.2) is 40.1 Å². The molecule has 2 heterocycles. The average molecular weight is 536 g/mol. The van der Waals surface area contributed by atoms with E-state index in [0.29, 0.717) is 10.4 Å². The first-order valence-electron chi connectivity index (χ1n) is 8.45. The first kappa shape index (κ1) is 21.1. The summed E-state index contributed by atoms with van der Waals surface area (Å²) in [7, 11) is 3.76. The van der Waals surface area contributed by atoms with E-state index >= 15 is 0 Å². The molecule has 1 atom stereocenters. The van der Waals surface area contributed by atoms with Gasteiger partial charge in [-0.2, -0.15) is 5.10 Å². The molecule has 0 spiro atoms. The normalized spacial score (nSPS) is 17.3. The molecule has 26 heavy (non-hydrogen) atoms. The van der Waals surface area contributed by atoms with Crippen molar-refractivity contribution in [2.45, 2.75) is 18.8 Å². The monoisotopic (exact) mass is 535 g/mol. The number of hydrogen-bond donors (Lipinski definition) is 1. The van der Waals surface area contributed by atoms with Gasteiger partial charge in [-0.1, -0.05) is 6.07 Å². The third-order valence-corrected chi connectivity index (χ3v) is 5.18. The lowest BCUT2D eigenvalue weighted by Gasteiger charge is -2.21. The molecular formula is C18H24BrFIN5. The maximum Gasteiger partial charge on any atom is 0.193 e. The minimum atomic E-state index is -0.231. The summed E-state index contributed by atoms with van der Waals surface area (Å²) in [6.07, 6.45) is 5.97. The van der Waals surface area contributed by atoms with Gasteiger partial charge in [-0.15, -0.1) is 24.0 Å². The number of guanidine groups is 1. The van der Waals surface area contributed by atoms with E-state index in [0.717, 1.165) is 44.0 Å². The maximum atomic E-state index is 13.3. The molecule has 1 aliphatic rings. The van der Waals surface area contributed by atoms with E-state index in [1.165, 1.54) is 11.6 Å². The third kappa shape index (κ3) is 5.18. The van der Waals surface area contributed by atoms with Crippen molar-refractivity contribution in [2.75, 3.05) is 26.7 Å². The summed E-state index contributed by atoms with van der Waals surface area (Å²) in [5.41, 5.74) is 2.38. The fourth-order valence-electron chi connectivity index (χ4n) is 3.22. The van der Waals surface area contributed by atoms with Crippen molar-refractivity contribution in [3.63, 3.8) is 0 Å². The van der Waals surface area contributed by atoms with Crippen LogP contribution in [0.1, 0.15) is 23.5 Å². The number of aliphatic imine (C=N–C) groups is 1. The molecule has 1 N–H and O–H groups in total. The molecule has 0 bridgehead atoms. The zero-order valence-corrected chi connectivity index (χ0v) is 18.9. The first-order chi connectivity index (χ1) is 12.1. The van der Waals surface area contributed by atoms with Crippen LogP contribution in [0.5, 0.6) is 0 Å². The Morgan fingerprint density at radius 1 is 1.46 bits per heavy atom. The van der Waals surface area contributed by atoms with Crippen LogP contribution in [-0.4, -0.2) is 47.3 Å². The van der Waals surface area contributed by atoms with E-state index < -0.39 is 0 Å². The molecule has 5 nitrogen and oxygen atoms in total. The van der Waals surface area contributed by atoms with Gasteiger partial charge in [-0.3, -0.25) is 9.67 Å². The summed E-state index contributed by atoms with van der Waals surface area (Å²) < 4.78 is 15.7. The maximum absolute atomic E-state index is 13.3. The smallest absolute Gasteiger partial charge is 0.193 e. The molecule has 1 aliphatic heterocycles. The Bertz CT molecular complexity index is 764. The Kier molecular flexibility index (Phi) is 7.87. The van der Waals surface area contributed by atoms with E-state index in [1.54, 1.807) is 0 Å². The zero-order valence-electron chi connectivity index (χ0n) is 15.0. The molecule has 8 heteroatoms. The van der Waals surface area contributed by atoms with Gasteiger partial charge < -0.3 is 10.2 Å². The highest BCUT2D eigenvalue weighted by Gasteiger charge is 2.26. The van der Waals surface area contributed by atoms with Crippen LogP contribution in [-0.2, 0) is 13.5 Å². The summed E-state index contributed by atoms with van der Waals surface area (Å²) in [5, 5.41) is 7.69. The highest BCUT2D eigenvalue weighted by molar-refractivity contribution is 14.0. The van der Waals surface area contributed by atoms with Gasteiger partial charge in [0.2, 0.25) is 0 Å². The fourth-order valence-corrected chi connectivity index (χ4v) is 3.65. The second-order valence-corrected chi connectivity index (χ2v) is 7.21. The van der Waals surface area contributed by atoms with Gasteiger partial charge in [0.1, 0.15) is 5.82 Å². The molecule has 1 aromatic heterocycles. The SMILES string of the molecule is CN=C(NCCc1ccc(F)c(Br)c1)N1CCC(c2cnn(C)c2)C1.I. The van der Waals surface area contributed by atoms with Crippen molar-refractivity contribution in [1.82, 2.24) is 20.0 Å². The molecule has 0 saturated carbocycles. The van der Waals surface area contributed by atoms with E-state index in [-0.39, 0.29) is 29.8 Å². The number of halogens is 3. The lowest BCUT2D eigenvalue weighted by Crippen LogP contribution is -2.40. The molecule has 3 rings (SSSR count). The van der Waals surface area contributed by atoms with E-state index in [4.69, 9.17) is 0 Å². The second kappa shape index (κ2) is 9.68. The Labute approximate surface area is 179 Å². The van der Waals surface area contributed by atoms with Crippen LogP contribution < -0.4 is 5.32 Å². The predicted octanol–water partition coefficient (Wildman–Crippen LogP) is 3.55. The van der Waals surface area contributed by atoms with Crippen molar-refractivity contribution >= 4 is 45.9 Å². The number of benzene rings is 1. The zero-order chi connectivity index (χ0) is 17.8. The summed E-state index contributed by atoms with van der Waals surface area (Å²) in [5.74, 6) is 1.19. The fraction of sp³-hybridized carbons (Fsp3) is 0.444. The highest BCUT2D eigenvalue weighted by atomic mass is 127. The van der Waals surface area contributed by atoms with Gasteiger partial charge in [0.25, 0.3) is 0 Å². The number of nitrogens with zero attached hydrogens (tertiary/aromatic N) is 4.